The number of Topliss-reactive ketones (excluding diaryl/α,β-unsaturated/α-hetero) is 1. The Morgan fingerprint density at radius 3 is 2.85 bits per heavy atom. The highest BCUT2D eigenvalue weighted by Crippen LogP contribution is 2.27. The van der Waals surface area contributed by atoms with Crippen molar-refractivity contribution < 1.29 is 4.79 Å². The van der Waals surface area contributed by atoms with Crippen LogP contribution in [0.5, 0.6) is 0 Å². The van der Waals surface area contributed by atoms with Gasteiger partial charge >= 0.3 is 0 Å². The summed E-state index contributed by atoms with van der Waals surface area (Å²) in [6.45, 7) is 4.24. The summed E-state index contributed by atoms with van der Waals surface area (Å²) >= 11 is 0. The zero-order chi connectivity index (χ0) is 9.68. The van der Waals surface area contributed by atoms with Crippen molar-refractivity contribution in [2.45, 2.75) is 52.4 Å². The molecule has 1 atom stereocenters. The molecular formula is C12H20O. The molecule has 0 amide bonds. The van der Waals surface area contributed by atoms with Gasteiger partial charge in [0.2, 0.25) is 0 Å². The van der Waals surface area contributed by atoms with Gasteiger partial charge in [0, 0.05) is 12.3 Å². The minimum absolute atomic E-state index is 0.347. The van der Waals surface area contributed by atoms with Crippen LogP contribution in [0, 0.1) is 5.92 Å². The summed E-state index contributed by atoms with van der Waals surface area (Å²) in [6.07, 6.45) is 8.60. The lowest BCUT2D eigenvalue weighted by Crippen LogP contribution is -2.19. The molecule has 1 heteroatoms. The summed E-state index contributed by atoms with van der Waals surface area (Å²) in [5.41, 5.74) is 1.44. The Hall–Kier alpha value is -0.590. The van der Waals surface area contributed by atoms with Crippen molar-refractivity contribution in [3.63, 3.8) is 0 Å². The van der Waals surface area contributed by atoms with Crippen LogP contribution in [0.3, 0.4) is 0 Å². The molecule has 1 nitrogen and oxygen atoms in total. The van der Waals surface area contributed by atoms with Crippen molar-refractivity contribution in [1.82, 2.24) is 0 Å². The van der Waals surface area contributed by atoms with Gasteiger partial charge in [0.05, 0.1) is 0 Å². The molecule has 1 aliphatic rings. The minimum atomic E-state index is 0.347. The van der Waals surface area contributed by atoms with Crippen molar-refractivity contribution in [1.29, 1.82) is 0 Å². The summed E-state index contributed by atoms with van der Waals surface area (Å²) in [4.78, 5) is 11.5. The van der Waals surface area contributed by atoms with Gasteiger partial charge in [0.1, 0.15) is 5.78 Å². The molecule has 74 valence electrons. The second-order valence-electron chi connectivity index (χ2n) is 3.91. The topological polar surface area (TPSA) is 17.1 Å². The average molecular weight is 180 g/mol. The van der Waals surface area contributed by atoms with E-state index < -0.39 is 0 Å². The Morgan fingerprint density at radius 2 is 2.31 bits per heavy atom. The zero-order valence-electron chi connectivity index (χ0n) is 8.81. The third-order valence-corrected chi connectivity index (χ3v) is 3.05. The lowest BCUT2D eigenvalue weighted by atomic mass is 9.83. The van der Waals surface area contributed by atoms with E-state index >= 15 is 0 Å². The third kappa shape index (κ3) is 2.98. The maximum Gasteiger partial charge on any atom is 0.136 e. The van der Waals surface area contributed by atoms with Crippen molar-refractivity contribution in [3.8, 4) is 0 Å². The molecule has 1 aliphatic carbocycles. The molecule has 0 N–H and O–H groups in total. The number of hydrogen-bond acceptors (Lipinski definition) is 1. The average Bonchev–Trinajstić information content (AvgIpc) is 2.17. The summed E-state index contributed by atoms with van der Waals surface area (Å²) in [6, 6.07) is 0. The highest BCUT2D eigenvalue weighted by molar-refractivity contribution is 5.81. The highest BCUT2D eigenvalue weighted by atomic mass is 16.1. The maximum absolute atomic E-state index is 11.5. The first-order valence-corrected chi connectivity index (χ1v) is 5.44. The van der Waals surface area contributed by atoms with Gasteiger partial charge in [-0.05, 0) is 32.6 Å². The van der Waals surface area contributed by atoms with Crippen molar-refractivity contribution in [3.05, 3.63) is 11.6 Å². The minimum Gasteiger partial charge on any atom is -0.299 e. The number of ketones is 1. The quantitative estimate of drug-likeness (QED) is 0.607. The van der Waals surface area contributed by atoms with Gasteiger partial charge in [0.25, 0.3) is 0 Å². The van der Waals surface area contributed by atoms with E-state index in [0.29, 0.717) is 11.7 Å². The molecule has 1 fully saturated rings. The fourth-order valence-electron chi connectivity index (χ4n) is 2.05. The number of carbonyl (C=O) groups excluding carboxylic acids is 1. The molecular weight excluding hydrogens is 160 g/mol. The largest absolute Gasteiger partial charge is 0.299 e. The Morgan fingerprint density at radius 1 is 1.54 bits per heavy atom. The Balaban J connectivity index is 2.46. The van der Waals surface area contributed by atoms with Crippen LogP contribution in [-0.2, 0) is 4.79 Å². The van der Waals surface area contributed by atoms with E-state index in [1.165, 1.54) is 12.0 Å². The third-order valence-electron chi connectivity index (χ3n) is 3.05. The molecule has 0 bridgehead atoms. The van der Waals surface area contributed by atoms with Gasteiger partial charge in [-0.15, -0.1) is 0 Å². The first kappa shape index (κ1) is 10.5. The summed E-state index contributed by atoms with van der Waals surface area (Å²) in [5, 5.41) is 0. The standard InChI is InChI=1S/C12H20O/c1-3-10(4-2)9-11-7-5-6-8-12(11)13/h3,11H,4-9H2,1-2H3. The SMILES string of the molecule is CC=C(CC)CC1CCCCC1=O. The molecule has 1 rings (SSSR count). The van der Waals surface area contributed by atoms with Crippen molar-refractivity contribution in [2.75, 3.05) is 0 Å². The van der Waals surface area contributed by atoms with Crippen LogP contribution in [0.2, 0.25) is 0 Å². The Labute approximate surface area is 81.2 Å². The van der Waals surface area contributed by atoms with Gasteiger partial charge in [-0.3, -0.25) is 4.79 Å². The predicted molar refractivity (Wildman–Crippen MR) is 55.6 cm³/mol. The molecule has 1 saturated carbocycles. The molecule has 0 spiro atoms. The molecule has 13 heavy (non-hydrogen) atoms. The van der Waals surface area contributed by atoms with Crippen molar-refractivity contribution in [2.24, 2.45) is 5.92 Å². The molecule has 0 aromatic carbocycles. The molecule has 0 aromatic heterocycles. The number of allylic oxidation sites excluding steroid dienone is 2. The molecule has 0 aliphatic heterocycles. The first-order valence-electron chi connectivity index (χ1n) is 5.44. The van der Waals surface area contributed by atoms with Crippen LogP contribution in [0.15, 0.2) is 11.6 Å². The van der Waals surface area contributed by atoms with Crippen LogP contribution in [0.1, 0.15) is 52.4 Å². The summed E-state index contributed by atoms with van der Waals surface area (Å²) in [7, 11) is 0. The van der Waals surface area contributed by atoms with E-state index in [-0.39, 0.29) is 0 Å². The number of rotatable bonds is 3. The van der Waals surface area contributed by atoms with Crippen LogP contribution >= 0.6 is 0 Å². The lowest BCUT2D eigenvalue weighted by Gasteiger charge is -2.21. The van der Waals surface area contributed by atoms with E-state index in [9.17, 15) is 4.79 Å². The normalized spacial score (nSPS) is 24.9. The maximum atomic E-state index is 11.5. The fourth-order valence-corrected chi connectivity index (χ4v) is 2.05. The van der Waals surface area contributed by atoms with E-state index in [2.05, 4.69) is 19.9 Å². The summed E-state index contributed by atoms with van der Waals surface area (Å²) < 4.78 is 0. The molecule has 1 unspecified atom stereocenters. The van der Waals surface area contributed by atoms with Gasteiger partial charge in [0.15, 0.2) is 0 Å². The molecule has 0 heterocycles. The smallest absolute Gasteiger partial charge is 0.136 e. The zero-order valence-corrected chi connectivity index (χ0v) is 8.81. The van der Waals surface area contributed by atoms with E-state index in [4.69, 9.17) is 0 Å². The molecule has 0 saturated heterocycles. The fraction of sp³-hybridized carbons (Fsp3) is 0.750. The van der Waals surface area contributed by atoms with Gasteiger partial charge in [-0.2, -0.15) is 0 Å². The molecule has 0 aromatic rings. The summed E-state index contributed by atoms with van der Waals surface area (Å²) in [5.74, 6) is 0.846. The van der Waals surface area contributed by atoms with Gasteiger partial charge in [-0.1, -0.05) is 25.0 Å². The van der Waals surface area contributed by atoms with Gasteiger partial charge in [-0.25, -0.2) is 0 Å². The second kappa shape index (κ2) is 5.21. The number of hydrogen-bond donors (Lipinski definition) is 0. The molecule has 0 radical (unpaired) electrons. The Bertz CT molecular complexity index is 203. The van der Waals surface area contributed by atoms with E-state index in [1.54, 1.807) is 0 Å². The van der Waals surface area contributed by atoms with Crippen LogP contribution in [0.25, 0.3) is 0 Å². The first-order chi connectivity index (χ1) is 6.27. The van der Waals surface area contributed by atoms with E-state index in [0.717, 1.165) is 32.1 Å². The second-order valence-corrected chi connectivity index (χ2v) is 3.91. The van der Waals surface area contributed by atoms with Gasteiger partial charge < -0.3 is 0 Å². The number of carbonyl (C=O) groups is 1. The lowest BCUT2D eigenvalue weighted by molar-refractivity contribution is -0.124. The van der Waals surface area contributed by atoms with Crippen LogP contribution < -0.4 is 0 Å². The monoisotopic (exact) mass is 180 g/mol. The van der Waals surface area contributed by atoms with Crippen LogP contribution in [-0.4, -0.2) is 5.78 Å². The van der Waals surface area contributed by atoms with Crippen LogP contribution in [0.4, 0.5) is 0 Å². The van der Waals surface area contributed by atoms with Crippen molar-refractivity contribution >= 4 is 5.78 Å². The van der Waals surface area contributed by atoms with E-state index in [1.807, 2.05) is 0 Å². The highest BCUT2D eigenvalue weighted by Gasteiger charge is 2.22. The Kier molecular flexibility index (Phi) is 4.20. The predicted octanol–water partition coefficient (Wildman–Crippen LogP) is 3.49.